The average Bonchev–Trinajstić information content (AvgIpc) is 2.45. The van der Waals surface area contributed by atoms with Crippen molar-refractivity contribution in [3.8, 4) is 5.75 Å². The number of aliphatic imine (C=N–C) groups is 1. The first kappa shape index (κ1) is 16.6. The highest BCUT2D eigenvalue weighted by atomic mass is 32.2. The third kappa shape index (κ3) is 4.13. The molecule has 0 spiro atoms. The lowest BCUT2D eigenvalue weighted by atomic mass is 10.2. The predicted octanol–water partition coefficient (Wildman–Crippen LogP) is 2.58. The number of rotatable bonds is 6. The van der Waals surface area contributed by atoms with Crippen molar-refractivity contribution >= 4 is 21.7 Å². The van der Waals surface area contributed by atoms with E-state index < -0.39 is 10.0 Å². The minimum Gasteiger partial charge on any atom is -0.494 e. The van der Waals surface area contributed by atoms with Gasteiger partial charge in [-0.1, -0.05) is 27.2 Å². The van der Waals surface area contributed by atoms with Crippen LogP contribution in [0.4, 0.5) is 5.69 Å². The van der Waals surface area contributed by atoms with Crippen LogP contribution in [0, 0.1) is 5.92 Å². The number of anilines is 1. The third-order valence-corrected chi connectivity index (χ3v) is 4.49. The SMILES string of the molecule is CCCCOc1ccc2c(c1)S(=O)(=O)NC(=NCC(C)C)N2. The van der Waals surface area contributed by atoms with Crippen LogP contribution in [-0.4, -0.2) is 27.5 Å². The molecule has 0 amide bonds. The zero-order valence-electron chi connectivity index (χ0n) is 13.2. The van der Waals surface area contributed by atoms with Gasteiger partial charge in [0.15, 0.2) is 0 Å². The minimum absolute atomic E-state index is 0.185. The molecule has 2 N–H and O–H groups in total. The first-order chi connectivity index (χ1) is 10.4. The molecule has 0 aliphatic carbocycles. The molecule has 1 aliphatic heterocycles. The normalized spacial score (nSPS) is 17.7. The summed E-state index contributed by atoms with van der Waals surface area (Å²) in [6.07, 6.45) is 1.97. The molecule has 2 rings (SSSR count). The molecule has 0 unspecified atom stereocenters. The monoisotopic (exact) mass is 325 g/mol. The average molecular weight is 325 g/mol. The number of hydrogen-bond acceptors (Lipinski definition) is 4. The van der Waals surface area contributed by atoms with Crippen LogP contribution in [0.1, 0.15) is 33.6 Å². The van der Waals surface area contributed by atoms with Crippen molar-refractivity contribution in [3.63, 3.8) is 0 Å². The molecule has 0 saturated carbocycles. The zero-order chi connectivity index (χ0) is 16.2. The Balaban J connectivity index is 2.22. The van der Waals surface area contributed by atoms with Crippen LogP contribution in [0.5, 0.6) is 5.75 Å². The van der Waals surface area contributed by atoms with E-state index in [1.54, 1.807) is 18.2 Å². The Hall–Kier alpha value is -1.76. The van der Waals surface area contributed by atoms with Gasteiger partial charge in [-0.25, -0.2) is 13.1 Å². The van der Waals surface area contributed by atoms with Gasteiger partial charge in [0.25, 0.3) is 10.0 Å². The predicted molar refractivity (Wildman–Crippen MR) is 87.9 cm³/mol. The molecule has 0 aromatic heterocycles. The number of guanidine groups is 1. The number of nitrogens with one attached hydrogen (secondary N) is 2. The topological polar surface area (TPSA) is 79.8 Å². The van der Waals surface area contributed by atoms with Crippen LogP contribution in [0.3, 0.4) is 0 Å². The Kier molecular flexibility index (Phi) is 5.28. The zero-order valence-corrected chi connectivity index (χ0v) is 14.0. The molecule has 6 nitrogen and oxygen atoms in total. The van der Waals surface area contributed by atoms with Gasteiger partial charge in [0.1, 0.15) is 10.6 Å². The Labute approximate surface area is 132 Å². The van der Waals surface area contributed by atoms with Crippen molar-refractivity contribution in [2.45, 2.75) is 38.5 Å². The van der Waals surface area contributed by atoms with Crippen molar-refractivity contribution in [1.82, 2.24) is 4.72 Å². The van der Waals surface area contributed by atoms with Gasteiger partial charge in [-0.15, -0.1) is 0 Å². The maximum Gasteiger partial charge on any atom is 0.266 e. The van der Waals surface area contributed by atoms with Crippen molar-refractivity contribution in [2.24, 2.45) is 10.9 Å². The van der Waals surface area contributed by atoms with E-state index in [-0.39, 0.29) is 10.9 Å². The summed E-state index contributed by atoms with van der Waals surface area (Å²) in [6.45, 7) is 7.26. The Morgan fingerprint density at radius 2 is 2.09 bits per heavy atom. The van der Waals surface area contributed by atoms with Gasteiger partial charge < -0.3 is 10.1 Å². The van der Waals surface area contributed by atoms with E-state index in [0.717, 1.165) is 12.8 Å². The summed E-state index contributed by atoms with van der Waals surface area (Å²) in [5.74, 6) is 1.18. The second kappa shape index (κ2) is 7.00. The maximum atomic E-state index is 12.3. The second-order valence-corrected chi connectivity index (χ2v) is 7.32. The van der Waals surface area contributed by atoms with Crippen LogP contribution < -0.4 is 14.8 Å². The van der Waals surface area contributed by atoms with E-state index in [1.165, 1.54) is 0 Å². The Morgan fingerprint density at radius 1 is 1.32 bits per heavy atom. The highest BCUT2D eigenvalue weighted by molar-refractivity contribution is 7.90. The lowest BCUT2D eigenvalue weighted by Crippen LogP contribution is -2.41. The molecule has 0 atom stereocenters. The van der Waals surface area contributed by atoms with Crippen molar-refractivity contribution in [3.05, 3.63) is 18.2 Å². The first-order valence-electron chi connectivity index (χ1n) is 7.53. The summed E-state index contributed by atoms with van der Waals surface area (Å²) in [6, 6.07) is 5.02. The number of unbranched alkanes of at least 4 members (excludes halogenated alkanes) is 1. The smallest absolute Gasteiger partial charge is 0.266 e. The number of sulfonamides is 1. The molecule has 0 saturated heterocycles. The van der Waals surface area contributed by atoms with Gasteiger partial charge in [0.2, 0.25) is 5.96 Å². The molecule has 0 radical (unpaired) electrons. The summed E-state index contributed by atoms with van der Waals surface area (Å²) >= 11 is 0. The minimum atomic E-state index is -3.62. The maximum absolute atomic E-state index is 12.3. The van der Waals surface area contributed by atoms with E-state index in [9.17, 15) is 8.42 Å². The molecule has 1 aliphatic rings. The van der Waals surface area contributed by atoms with Gasteiger partial charge in [0.05, 0.1) is 12.3 Å². The molecular formula is C15H23N3O3S. The van der Waals surface area contributed by atoms with E-state index in [2.05, 4.69) is 22.0 Å². The molecular weight excluding hydrogens is 302 g/mol. The van der Waals surface area contributed by atoms with Crippen molar-refractivity contribution in [1.29, 1.82) is 0 Å². The highest BCUT2D eigenvalue weighted by Crippen LogP contribution is 2.29. The fourth-order valence-corrected chi connectivity index (χ4v) is 3.09. The van der Waals surface area contributed by atoms with Crippen LogP contribution in [-0.2, 0) is 10.0 Å². The lowest BCUT2D eigenvalue weighted by molar-refractivity contribution is 0.308. The molecule has 1 aromatic carbocycles. The summed E-state index contributed by atoms with van der Waals surface area (Å²) in [4.78, 5) is 4.43. The highest BCUT2D eigenvalue weighted by Gasteiger charge is 2.27. The summed E-state index contributed by atoms with van der Waals surface area (Å²) in [5.41, 5.74) is 0.518. The number of fused-ring (bicyclic) bond motifs is 1. The van der Waals surface area contributed by atoms with Gasteiger partial charge in [0, 0.05) is 12.6 Å². The van der Waals surface area contributed by atoms with Crippen LogP contribution >= 0.6 is 0 Å². The number of hydrogen-bond donors (Lipinski definition) is 2. The Morgan fingerprint density at radius 3 is 2.77 bits per heavy atom. The lowest BCUT2D eigenvalue weighted by Gasteiger charge is -2.22. The van der Waals surface area contributed by atoms with E-state index in [4.69, 9.17) is 4.74 Å². The first-order valence-corrected chi connectivity index (χ1v) is 9.02. The van der Waals surface area contributed by atoms with E-state index in [1.807, 2.05) is 13.8 Å². The third-order valence-electron chi connectivity index (χ3n) is 3.11. The van der Waals surface area contributed by atoms with Gasteiger partial charge in [-0.3, -0.25) is 4.99 Å². The van der Waals surface area contributed by atoms with Gasteiger partial charge in [-0.05, 0) is 24.5 Å². The standard InChI is InChI=1S/C15H23N3O3S/c1-4-5-8-21-12-6-7-13-14(9-12)22(19,20)18-15(17-13)16-10-11(2)3/h6-7,9,11H,4-5,8,10H2,1-3H3,(H2,16,17,18). The summed E-state index contributed by atoms with van der Waals surface area (Å²) in [5, 5.41) is 3.01. The van der Waals surface area contributed by atoms with Crippen molar-refractivity contribution < 1.29 is 13.2 Å². The van der Waals surface area contributed by atoms with Crippen LogP contribution in [0.15, 0.2) is 28.1 Å². The van der Waals surface area contributed by atoms with Crippen LogP contribution in [0.2, 0.25) is 0 Å². The molecule has 1 aromatic rings. The van der Waals surface area contributed by atoms with Crippen molar-refractivity contribution in [2.75, 3.05) is 18.5 Å². The summed E-state index contributed by atoms with van der Waals surface area (Å²) < 4.78 is 32.7. The molecule has 0 fully saturated rings. The molecule has 0 bridgehead atoms. The molecule has 122 valence electrons. The number of ether oxygens (including phenoxy) is 1. The molecule has 22 heavy (non-hydrogen) atoms. The second-order valence-electron chi connectivity index (χ2n) is 5.67. The number of nitrogens with zero attached hydrogens (tertiary/aromatic N) is 1. The Bertz CT molecular complexity index is 654. The van der Waals surface area contributed by atoms with Crippen LogP contribution in [0.25, 0.3) is 0 Å². The van der Waals surface area contributed by atoms with E-state index in [0.29, 0.717) is 30.5 Å². The van der Waals surface area contributed by atoms with Gasteiger partial charge in [-0.2, -0.15) is 0 Å². The van der Waals surface area contributed by atoms with Gasteiger partial charge >= 0.3 is 0 Å². The van der Waals surface area contributed by atoms with E-state index >= 15 is 0 Å². The fraction of sp³-hybridized carbons (Fsp3) is 0.533. The quantitative estimate of drug-likeness (QED) is 0.788. The summed E-state index contributed by atoms with van der Waals surface area (Å²) in [7, 11) is -3.62. The largest absolute Gasteiger partial charge is 0.494 e. The number of benzene rings is 1. The molecule has 1 heterocycles. The fourth-order valence-electron chi connectivity index (χ4n) is 1.93. The molecule has 7 heteroatoms.